The normalized spacial score (nSPS) is 16.0. The number of halogens is 1. The third-order valence-electron chi connectivity index (χ3n) is 5.43. The summed E-state index contributed by atoms with van der Waals surface area (Å²) in [6.45, 7) is 1.44. The summed E-state index contributed by atoms with van der Waals surface area (Å²) < 4.78 is 27.1. The molecule has 6 nitrogen and oxygen atoms in total. The van der Waals surface area contributed by atoms with Gasteiger partial charge in [-0.25, -0.2) is 8.42 Å². The molecule has 30 heavy (non-hydrogen) atoms. The minimum atomic E-state index is -3.61. The molecule has 1 saturated heterocycles. The van der Waals surface area contributed by atoms with E-state index in [4.69, 9.17) is 11.6 Å². The molecule has 0 aromatic heterocycles. The van der Waals surface area contributed by atoms with Crippen molar-refractivity contribution in [3.63, 3.8) is 0 Å². The summed E-state index contributed by atoms with van der Waals surface area (Å²) in [7, 11) is 0.326. The van der Waals surface area contributed by atoms with Gasteiger partial charge in [-0.15, -0.1) is 0 Å². The van der Waals surface area contributed by atoms with Crippen molar-refractivity contribution >= 4 is 27.5 Å². The van der Waals surface area contributed by atoms with E-state index in [-0.39, 0.29) is 27.4 Å². The molecule has 0 radical (unpaired) electrons. The molecule has 1 aliphatic heterocycles. The van der Waals surface area contributed by atoms with Crippen LogP contribution in [0.15, 0.2) is 53.4 Å². The summed E-state index contributed by atoms with van der Waals surface area (Å²) in [5, 5.41) is 3.15. The predicted molar refractivity (Wildman–Crippen MR) is 119 cm³/mol. The monoisotopic (exact) mass is 449 g/mol. The molecule has 1 N–H and O–H groups in total. The molecule has 8 heteroatoms. The number of hydrogen-bond acceptors (Lipinski definition) is 4. The van der Waals surface area contributed by atoms with Gasteiger partial charge in [-0.3, -0.25) is 4.79 Å². The SMILES string of the molecule is CN(C)C(CNC(=O)c1cc(S(=O)(=O)N2CCCC2)ccc1Cl)Cc1ccccc1. The molecule has 1 aliphatic rings. The molecule has 2 aromatic rings. The molecule has 1 fully saturated rings. The second-order valence-electron chi connectivity index (χ2n) is 7.77. The number of nitrogens with one attached hydrogen (secondary N) is 1. The lowest BCUT2D eigenvalue weighted by atomic mass is 10.0. The molecule has 3 rings (SSSR count). The van der Waals surface area contributed by atoms with Crippen LogP contribution in [0.25, 0.3) is 0 Å². The first-order valence-electron chi connectivity index (χ1n) is 10.1. The molecule has 1 heterocycles. The van der Waals surface area contributed by atoms with Gasteiger partial charge in [-0.2, -0.15) is 4.31 Å². The zero-order valence-electron chi connectivity index (χ0n) is 17.3. The fourth-order valence-electron chi connectivity index (χ4n) is 3.55. The van der Waals surface area contributed by atoms with Crippen molar-refractivity contribution in [1.29, 1.82) is 0 Å². The Morgan fingerprint density at radius 1 is 1.13 bits per heavy atom. The van der Waals surface area contributed by atoms with Crippen molar-refractivity contribution in [3.05, 3.63) is 64.7 Å². The summed E-state index contributed by atoms with van der Waals surface area (Å²) in [4.78, 5) is 15.0. The van der Waals surface area contributed by atoms with E-state index in [0.29, 0.717) is 19.6 Å². The van der Waals surface area contributed by atoms with Gasteiger partial charge in [0.05, 0.1) is 15.5 Å². The first kappa shape index (κ1) is 22.7. The van der Waals surface area contributed by atoms with Crippen LogP contribution in [0.5, 0.6) is 0 Å². The van der Waals surface area contributed by atoms with Gasteiger partial charge in [0.1, 0.15) is 0 Å². The summed E-state index contributed by atoms with van der Waals surface area (Å²) in [6.07, 6.45) is 2.49. The predicted octanol–water partition coefficient (Wildman–Crippen LogP) is 3.03. The fraction of sp³-hybridized carbons (Fsp3) is 0.409. The molecule has 162 valence electrons. The third-order valence-corrected chi connectivity index (χ3v) is 7.65. The van der Waals surface area contributed by atoms with E-state index in [1.54, 1.807) is 0 Å². The van der Waals surface area contributed by atoms with Crippen molar-refractivity contribution < 1.29 is 13.2 Å². The number of carbonyl (C=O) groups is 1. The van der Waals surface area contributed by atoms with Gasteiger partial charge in [0.15, 0.2) is 0 Å². The highest BCUT2D eigenvalue weighted by atomic mass is 35.5. The van der Waals surface area contributed by atoms with E-state index in [1.807, 2.05) is 32.3 Å². The van der Waals surface area contributed by atoms with Crippen molar-refractivity contribution in [1.82, 2.24) is 14.5 Å². The van der Waals surface area contributed by atoms with Gasteiger partial charge in [0.25, 0.3) is 5.91 Å². The van der Waals surface area contributed by atoms with E-state index in [9.17, 15) is 13.2 Å². The van der Waals surface area contributed by atoms with Crippen LogP contribution in [0, 0.1) is 0 Å². The Balaban J connectivity index is 1.72. The molecule has 1 unspecified atom stereocenters. The van der Waals surface area contributed by atoms with Gasteiger partial charge < -0.3 is 10.2 Å². The molecule has 1 amide bonds. The number of nitrogens with zero attached hydrogens (tertiary/aromatic N) is 2. The first-order valence-corrected chi connectivity index (χ1v) is 11.9. The molecule has 2 aromatic carbocycles. The van der Waals surface area contributed by atoms with Crippen LogP contribution < -0.4 is 5.32 Å². The topological polar surface area (TPSA) is 69.7 Å². The van der Waals surface area contributed by atoms with Gasteiger partial charge >= 0.3 is 0 Å². The van der Waals surface area contributed by atoms with Gasteiger partial charge in [-0.1, -0.05) is 41.9 Å². The molecule has 0 spiro atoms. The molecule has 0 bridgehead atoms. The van der Waals surface area contributed by atoms with Crippen LogP contribution in [0.2, 0.25) is 5.02 Å². The van der Waals surface area contributed by atoms with Gasteiger partial charge in [-0.05, 0) is 57.1 Å². The first-order chi connectivity index (χ1) is 14.3. The minimum absolute atomic E-state index is 0.0895. The van der Waals surface area contributed by atoms with Crippen LogP contribution in [0.4, 0.5) is 0 Å². The standard InChI is InChI=1S/C22H28ClN3O3S/c1-25(2)18(14-17-8-4-3-5-9-17)16-24-22(27)20-15-19(10-11-21(20)23)30(28,29)26-12-6-7-13-26/h3-5,8-11,15,18H,6-7,12-14,16H2,1-2H3,(H,24,27). The van der Waals surface area contributed by atoms with Crippen LogP contribution >= 0.6 is 11.6 Å². The Bertz CT molecular complexity index is 974. The van der Waals surface area contributed by atoms with Crippen molar-refractivity contribution in [2.24, 2.45) is 0 Å². The number of hydrogen-bond donors (Lipinski definition) is 1. The van der Waals surface area contributed by atoms with E-state index >= 15 is 0 Å². The van der Waals surface area contributed by atoms with Crippen molar-refractivity contribution in [2.45, 2.75) is 30.2 Å². The second-order valence-corrected chi connectivity index (χ2v) is 10.1. The number of sulfonamides is 1. The quantitative estimate of drug-likeness (QED) is 0.672. The lowest BCUT2D eigenvalue weighted by Gasteiger charge is -2.25. The van der Waals surface area contributed by atoms with E-state index in [0.717, 1.165) is 19.3 Å². The number of carbonyl (C=O) groups excluding carboxylic acids is 1. The van der Waals surface area contributed by atoms with Gasteiger partial charge in [0.2, 0.25) is 10.0 Å². The van der Waals surface area contributed by atoms with Crippen LogP contribution in [0.1, 0.15) is 28.8 Å². The zero-order chi connectivity index (χ0) is 21.7. The average Bonchev–Trinajstić information content (AvgIpc) is 3.27. The molecule has 0 saturated carbocycles. The largest absolute Gasteiger partial charge is 0.350 e. The Morgan fingerprint density at radius 2 is 1.80 bits per heavy atom. The Kier molecular flexibility index (Phi) is 7.52. The molecule has 1 atom stereocenters. The van der Waals surface area contributed by atoms with Crippen LogP contribution in [0.3, 0.4) is 0 Å². The maximum atomic E-state index is 12.8. The van der Waals surface area contributed by atoms with Gasteiger partial charge in [0, 0.05) is 25.7 Å². The Morgan fingerprint density at radius 3 is 2.43 bits per heavy atom. The average molecular weight is 450 g/mol. The lowest BCUT2D eigenvalue weighted by Crippen LogP contribution is -2.41. The van der Waals surface area contributed by atoms with E-state index in [1.165, 1.54) is 28.1 Å². The third kappa shape index (κ3) is 5.40. The molecular formula is C22H28ClN3O3S. The highest BCUT2D eigenvalue weighted by Crippen LogP contribution is 2.25. The summed E-state index contributed by atoms with van der Waals surface area (Å²) in [6, 6.07) is 14.5. The number of rotatable bonds is 8. The number of benzene rings is 2. The van der Waals surface area contributed by atoms with E-state index in [2.05, 4.69) is 22.3 Å². The van der Waals surface area contributed by atoms with Crippen LogP contribution in [-0.4, -0.2) is 63.3 Å². The molecule has 0 aliphatic carbocycles. The maximum Gasteiger partial charge on any atom is 0.252 e. The minimum Gasteiger partial charge on any atom is -0.350 e. The second kappa shape index (κ2) is 9.92. The number of amides is 1. The number of likely N-dealkylation sites (N-methyl/N-ethyl adjacent to an activating group) is 1. The Hall–Kier alpha value is -1.93. The molecular weight excluding hydrogens is 422 g/mol. The van der Waals surface area contributed by atoms with Crippen molar-refractivity contribution in [2.75, 3.05) is 33.7 Å². The highest BCUT2D eigenvalue weighted by Gasteiger charge is 2.28. The smallest absolute Gasteiger partial charge is 0.252 e. The maximum absolute atomic E-state index is 12.8. The van der Waals surface area contributed by atoms with E-state index < -0.39 is 10.0 Å². The Labute approximate surface area is 183 Å². The zero-order valence-corrected chi connectivity index (χ0v) is 18.9. The summed E-state index contributed by atoms with van der Waals surface area (Å²) >= 11 is 6.23. The lowest BCUT2D eigenvalue weighted by molar-refractivity contribution is 0.0941. The summed E-state index contributed by atoms with van der Waals surface area (Å²) in [5.41, 5.74) is 1.36. The van der Waals surface area contributed by atoms with Crippen molar-refractivity contribution in [3.8, 4) is 0 Å². The highest BCUT2D eigenvalue weighted by molar-refractivity contribution is 7.89. The summed E-state index contributed by atoms with van der Waals surface area (Å²) in [5.74, 6) is -0.376. The van der Waals surface area contributed by atoms with Crippen LogP contribution in [-0.2, 0) is 16.4 Å². The fourth-order valence-corrected chi connectivity index (χ4v) is 5.29.